The summed E-state index contributed by atoms with van der Waals surface area (Å²) in [5.74, 6) is 0.702. The number of nitrogens with zero attached hydrogens (tertiary/aromatic N) is 1. The van der Waals surface area contributed by atoms with Crippen molar-refractivity contribution in [3.05, 3.63) is 70.3 Å². The molecule has 0 saturated heterocycles. The van der Waals surface area contributed by atoms with Crippen molar-refractivity contribution in [2.75, 3.05) is 6.54 Å². The standard InChI is InChI=1S/C20H21NO/c1-13(2)15-7-8-18-16(11-15)12-19-17-6-4-3-5-14(17)9-10-21(19)20(18)22/h3-8,11,13,19H,9-10,12H2,1-2H3/t19-/m0/s1. The second kappa shape index (κ2) is 4.98. The molecule has 0 unspecified atom stereocenters. The van der Waals surface area contributed by atoms with Gasteiger partial charge in [0.1, 0.15) is 0 Å². The minimum absolute atomic E-state index is 0.205. The van der Waals surface area contributed by atoms with Gasteiger partial charge in [-0.3, -0.25) is 4.79 Å². The number of carbonyl (C=O) groups excluding carboxylic acids is 1. The van der Waals surface area contributed by atoms with Crippen LogP contribution in [-0.2, 0) is 12.8 Å². The molecule has 2 heteroatoms. The first-order chi connectivity index (χ1) is 10.6. The highest BCUT2D eigenvalue weighted by Gasteiger charge is 2.36. The van der Waals surface area contributed by atoms with Crippen LogP contribution in [0, 0.1) is 0 Å². The number of fused-ring (bicyclic) bond motifs is 4. The van der Waals surface area contributed by atoms with Gasteiger partial charge in [-0.1, -0.05) is 50.2 Å². The molecule has 2 aliphatic heterocycles. The summed E-state index contributed by atoms with van der Waals surface area (Å²) in [7, 11) is 0. The van der Waals surface area contributed by atoms with Gasteiger partial charge in [-0.15, -0.1) is 0 Å². The van der Waals surface area contributed by atoms with Crippen LogP contribution in [0.5, 0.6) is 0 Å². The fraction of sp³-hybridized carbons (Fsp3) is 0.350. The molecular formula is C20H21NO. The highest BCUT2D eigenvalue weighted by Crippen LogP contribution is 2.38. The number of hydrogen-bond acceptors (Lipinski definition) is 1. The first kappa shape index (κ1) is 13.6. The molecule has 0 aliphatic carbocycles. The maximum Gasteiger partial charge on any atom is 0.254 e. The number of carbonyl (C=O) groups is 1. The van der Waals surface area contributed by atoms with E-state index < -0.39 is 0 Å². The summed E-state index contributed by atoms with van der Waals surface area (Å²) in [6, 6.07) is 15.2. The van der Waals surface area contributed by atoms with Crippen LogP contribution in [0.2, 0.25) is 0 Å². The van der Waals surface area contributed by atoms with E-state index in [1.165, 1.54) is 22.3 Å². The molecule has 2 nitrogen and oxygen atoms in total. The lowest BCUT2D eigenvalue weighted by Crippen LogP contribution is -2.44. The van der Waals surface area contributed by atoms with Gasteiger partial charge in [-0.25, -0.2) is 0 Å². The van der Waals surface area contributed by atoms with Crippen molar-refractivity contribution >= 4 is 5.91 Å². The zero-order valence-corrected chi connectivity index (χ0v) is 13.2. The minimum Gasteiger partial charge on any atom is -0.331 e. The average molecular weight is 291 g/mol. The first-order valence-corrected chi connectivity index (χ1v) is 8.16. The maximum atomic E-state index is 12.9. The summed E-state index contributed by atoms with van der Waals surface area (Å²) in [5, 5.41) is 0. The van der Waals surface area contributed by atoms with E-state index in [4.69, 9.17) is 0 Å². The maximum absolute atomic E-state index is 12.9. The van der Waals surface area contributed by atoms with Gasteiger partial charge in [-0.2, -0.15) is 0 Å². The molecule has 22 heavy (non-hydrogen) atoms. The lowest BCUT2D eigenvalue weighted by Gasteiger charge is -2.41. The van der Waals surface area contributed by atoms with Crippen molar-refractivity contribution in [2.24, 2.45) is 0 Å². The molecule has 2 aliphatic rings. The average Bonchev–Trinajstić information content (AvgIpc) is 2.54. The van der Waals surface area contributed by atoms with Crippen LogP contribution < -0.4 is 0 Å². The fourth-order valence-corrected chi connectivity index (χ4v) is 3.83. The molecule has 2 aromatic rings. The second-order valence-electron chi connectivity index (χ2n) is 6.74. The van der Waals surface area contributed by atoms with E-state index in [1.807, 2.05) is 6.07 Å². The molecule has 0 saturated carbocycles. The Bertz CT molecular complexity index is 747. The third-order valence-electron chi connectivity index (χ3n) is 5.11. The van der Waals surface area contributed by atoms with E-state index in [-0.39, 0.29) is 11.9 Å². The van der Waals surface area contributed by atoms with Gasteiger partial charge < -0.3 is 4.90 Å². The van der Waals surface area contributed by atoms with E-state index in [9.17, 15) is 4.79 Å². The van der Waals surface area contributed by atoms with E-state index in [0.717, 1.165) is 24.9 Å². The molecule has 2 heterocycles. The molecule has 1 atom stereocenters. The van der Waals surface area contributed by atoms with Crippen LogP contribution in [0.3, 0.4) is 0 Å². The van der Waals surface area contributed by atoms with Crippen molar-refractivity contribution in [3.63, 3.8) is 0 Å². The molecule has 0 spiro atoms. The normalized spacial score (nSPS) is 19.7. The van der Waals surface area contributed by atoms with E-state index in [1.54, 1.807) is 0 Å². The number of amides is 1. The minimum atomic E-state index is 0.205. The highest BCUT2D eigenvalue weighted by atomic mass is 16.2. The molecular weight excluding hydrogens is 270 g/mol. The van der Waals surface area contributed by atoms with E-state index in [0.29, 0.717) is 5.92 Å². The van der Waals surface area contributed by atoms with E-state index >= 15 is 0 Å². The number of rotatable bonds is 1. The van der Waals surface area contributed by atoms with Crippen LogP contribution in [0.1, 0.15) is 58.4 Å². The Morgan fingerprint density at radius 3 is 2.73 bits per heavy atom. The Hall–Kier alpha value is -2.09. The number of benzene rings is 2. The van der Waals surface area contributed by atoms with Gasteiger partial charge in [0, 0.05) is 12.1 Å². The predicted octanol–water partition coefficient (Wildman–Crippen LogP) is 4.11. The van der Waals surface area contributed by atoms with Gasteiger partial charge in [0.05, 0.1) is 6.04 Å². The van der Waals surface area contributed by atoms with Gasteiger partial charge in [0.15, 0.2) is 0 Å². The molecule has 0 aromatic heterocycles. The Morgan fingerprint density at radius 1 is 1.09 bits per heavy atom. The van der Waals surface area contributed by atoms with Crippen LogP contribution >= 0.6 is 0 Å². The van der Waals surface area contributed by atoms with Gasteiger partial charge in [0.25, 0.3) is 5.91 Å². The Kier molecular flexibility index (Phi) is 3.07. The third kappa shape index (κ3) is 1.98. The Morgan fingerprint density at radius 2 is 1.91 bits per heavy atom. The van der Waals surface area contributed by atoms with Crippen LogP contribution in [-0.4, -0.2) is 17.4 Å². The lowest BCUT2D eigenvalue weighted by molar-refractivity contribution is 0.0632. The molecule has 0 radical (unpaired) electrons. The molecule has 0 N–H and O–H groups in total. The van der Waals surface area contributed by atoms with Gasteiger partial charge >= 0.3 is 0 Å². The topological polar surface area (TPSA) is 20.3 Å². The number of hydrogen-bond donors (Lipinski definition) is 0. The van der Waals surface area contributed by atoms with Crippen LogP contribution in [0.15, 0.2) is 42.5 Å². The molecule has 112 valence electrons. The predicted molar refractivity (Wildman–Crippen MR) is 88.2 cm³/mol. The van der Waals surface area contributed by atoms with Crippen LogP contribution in [0.4, 0.5) is 0 Å². The van der Waals surface area contributed by atoms with Gasteiger partial charge in [0.2, 0.25) is 0 Å². The second-order valence-corrected chi connectivity index (χ2v) is 6.74. The summed E-state index contributed by atoms with van der Waals surface area (Å²) < 4.78 is 0. The monoisotopic (exact) mass is 291 g/mol. The summed E-state index contributed by atoms with van der Waals surface area (Å²) in [5.41, 5.74) is 6.18. The van der Waals surface area contributed by atoms with E-state index in [2.05, 4.69) is 55.1 Å². The smallest absolute Gasteiger partial charge is 0.254 e. The molecule has 2 aromatic carbocycles. The van der Waals surface area contributed by atoms with Crippen molar-refractivity contribution in [1.82, 2.24) is 4.90 Å². The summed E-state index contributed by atoms with van der Waals surface area (Å²) >= 11 is 0. The third-order valence-corrected chi connectivity index (χ3v) is 5.11. The SMILES string of the molecule is CC(C)c1ccc2c(c1)C[C@H]1c3ccccc3CCN1C2=O. The molecule has 0 bridgehead atoms. The van der Waals surface area contributed by atoms with Crippen molar-refractivity contribution in [3.8, 4) is 0 Å². The summed E-state index contributed by atoms with van der Waals surface area (Å²) in [4.78, 5) is 14.9. The molecule has 0 fully saturated rings. The first-order valence-electron chi connectivity index (χ1n) is 8.16. The highest BCUT2D eigenvalue weighted by molar-refractivity contribution is 5.97. The zero-order valence-electron chi connectivity index (χ0n) is 13.2. The van der Waals surface area contributed by atoms with Crippen molar-refractivity contribution in [2.45, 2.75) is 38.6 Å². The largest absolute Gasteiger partial charge is 0.331 e. The molecule has 4 rings (SSSR count). The van der Waals surface area contributed by atoms with Crippen LogP contribution in [0.25, 0.3) is 0 Å². The quantitative estimate of drug-likeness (QED) is 0.774. The Labute approximate surface area is 131 Å². The van der Waals surface area contributed by atoms with Gasteiger partial charge in [-0.05, 0) is 47.1 Å². The zero-order chi connectivity index (χ0) is 15.3. The molecule has 1 amide bonds. The van der Waals surface area contributed by atoms with Crippen molar-refractivity contribution < 1.29 is 4.79 Å². The lowest BCUT2D eigenvalue weighted by atomic mass is 9.82. The summed E-state index contributed by atoms with van der Waals surface area (Å²) in [6.07, 6.45) is 1.91. The summed E-state index contributed by atoms with van der Waals surface area (Å²) in [6.45, 7) is 5.25. The van der Waals surface area contributed by atoms with Crippen molar-refractivity contribution in [1.29, 1.82) is 0 Å². The fourth-order valence-electron chi connectivity index (χ4n) is 3.83. The Balaban J connectivity index is 1.81.